The van der Waals surface area contributed by atoms with E-state index in [9.17, 15) is 14.7 Å². The molecular formula is C14H14N2O4S. The lowest BCUT2D eigenvalue weighted by Gasteiger charge is -2.06. The number of amides is 1. The summed E-state index contributed by atoms with van der Waals surface area (Å²) in [5.74, 6) is -0.897. The summed E-state index contributed by atoms with van der Waals surface area (Å²) >= 11 is 1.20. The lowest BCUT2D eigenvalue weighted by atomic mass is 10.1. The highest BCUT2D eigenvalue weighted by Gasteiger charge is 2.15. The van der Waals surface area contributed by atoms with Gasteiger partial charge in [-0.25, -0.2) is 4.98 Å². The van der Waals surface area contributed by atoms with Gasteiger partial charge >= 0.3 is 5.97 Å². The number of esters is 1. The molecule has 0 bridgehead atoms. The predicted molar refractivity (Wildman–Crippen MR) is 78.6 cm³/mol. The van der Waals surface area contributed by atoms with Crippen molar-refractivity contribution in [1.82, 2.24) is 4.98 Å². The zero-order chi connectivity index (χ0) is 15.4. The third-order valence-corrected chi connectivity index (χ3v) is 3.61. The SMILES string of the molecule is COC(=O)Cc1csc(NC(=O)c2cccc(C)c2O)n1. The number of ether oxygens (including phenoxy) is 1. The van der Waals surface area contributed by atoms with Gasteiger partial charge in [0.2, 0.25) is 0 Å². The van der Waals surface area contributed by atoms with Gasteiger partial charge in [-0.2, -0.15) is 0 Å². The highest BCUT2D eigenvalue weighted by atomic mass is 32.1. The number of aromatic nitrogens is 1. The van der Waals surface area contributed by atoms with Gasteiger partial charge < -0.3 is 9.84 Å². The first-order valence-corrected chi connectivity index (χ1v) is 7.00. The Morgan fingerprint density at radius 2 is 2.19 bits per heavy atom. The minimum absolute atomic E-state index is 0.0541. The molecule has 21 heavy (non-hydrogen) atoms. The number of aryl methyl sites for hydroxylation is 1. The standard InChI is InChI=1S/C14H14N2O4S/c1-8-4-3-5-10(12(8)18)13(19)16-14-15-9(7-21-14)6-11(17)20-2/h3-5,7,18H,6H2,1-2H3,(H,15,16,19). The third-order valence-electron chi connectivity index (χ3n) is 2.81. The molecule has 1 amide bonds. The second-order valence-corrected chi connectivity index (χ2v) is 5.18. The molecule has 0 spiro atoms. The van der Waals surface area contributed by atoms with E-state index in [-0.39, 0.29) is 17.7 Å². The molecule has 0 aliphatic heterocycles. The van der Waals surface area contributed by atoms with Gasteiger partial charge in [-0.1, -0.05) is 12.1 Å². The summed E-state index contributed by atoms with van der Waals surface area (Å²) in [7, 11) is 1.30. The van der Waals surface area contributed by atoms with Gasteiger partial charge in [0.1, 0.15) is 5.75 Å². The number of phenolic OH excluding ortho intramolecular Hbond substituents is 1. The van der Waals surface area contributed by atoms with E-state index in [2.05, 4.69) is 15.0 Å². The maximum atomic E-state index is 12.1. The summed E-state index contributed by atoms with van der Waals surface area (Å²) in [6, 6.07) is 4.93. The number of para-hydroxylation sites is 1. The number of methoxy groups -OCH3 is 1. The molecule has 0 atom stereocenters. The number of phenols is 1. The Balaban J connectivity index is 2.09. The summed E-state index contributed by atoms with van der Waals surface area (Å²) in [5.41, 5.74) is 1.32. The van der Waals surface area contributed by atoms with Crippen LogP contribution in [-0.2, 0) is 16.0 Å². The Hall–Kier alpha value is -2.41. The number of hydrogen-bond acceptors (Lipinski definition) is 6. The van der Waals surface area contributed by atoms with Gasteiger partial charge in [0.25, 0.3) is 5.91 Å². The van der Waals surface area contributed by atoms with Crippen LogP contribution >= 0.6 is 11.3 Å². The van der Waals surface area contributed by atoms with E-state index in [0.717, 1.165) is 0 Å². The fraction of sp³-hybridized carbons (Fsp3) is 0.214. The molecule has 6 nitrogen and oxygen atoms in total. The van der Waals surface area contributed by atoms with Crippen LogP contribution in [0.1, 0.15) is 21.6 Å². The fourth-order valence-corrected chi connectivity index (χ4v) is 2.38. The number of carbonyl (C=O) groups excluding carboxylic acids is 2. The first kappa shape index (κ1) is 15.0. The molecule has 110 valence electrons. The summed E-state index contributed by atoms with van der Waals surface area (Å²) in [4.78, 5) is 27.3. The smallest absolute Gasteiger partial charge is 0.311 e. The van der Waals surface area contributed by atoms with E-state index in [1.165, 1.54) is 24.5 Å². The van der Waals surface area contributed by atoms with Crippen molar-refractivity contribution in [3.05, 3.63) is 40.4 Å². The van der Waals surface area contributed by atoms with Gasteiger partial charge in [-0.3, -0.25) is 14.9 Å². The molecule has 1 aromatic carbocycles. The number of nitrogens with zero attached hydrogens (tertiary/aromatic N) is 1. The number of thiazole rings is 1. The molecular weight excluding hydrogens is 292 g/mol. The Morgan fingerprint density at radius 3 is 2.90 bits per heavy atom. The van der Waals surface area contributed by atoms with Gasteiger partial charge in [0.15, 0.2) is 5.13 Å². The highest BCUT2D eigenvalue weighted by molar-refractivity contribution is 7.14. The molecule has 1 aromatic heterocycles. The summed E-state index contributed by atoms with van der Waals surface area (Å²) in [5, 5.41) is 14.5. The van der Waals surface area contributed by atoms with Crippen molar-refractivity contribution < 1.29 is 19.4 Å². The molecule has 2 rings (SSSR count). The van der Waals surface area contributed by atoms with Crippen LogP contribution in [0.2, 0.25) is 0 Å². The molecule has 0 radical (unpaired) electrons. The number of carbonyl (C=O) groups is 2. The number of anilines is 1. The number of aromatic hydroxyl groups is 1. The molecule has 0 aliphatic carbocycles. The van der Waals surface area contributed by atoms with Crippen LogP contribution < -0.4 is 5.32 Å². The van der Waals surface area contributed by atoms with E-state index in [1.807, 2.05) is 0 Å². The Bertz CT molecular complexity index is 681. The lowest BCUT2D eigenvalue weighted by molar-refractivity contribution is -0.139. The Labute approximate surface area is 125 Å². The molecule has 2 N–H and O–H groups in total. The van der Waals surface area contributed by atoms with E-state index < -0.39 is 11.9 Å². The normalized spacial score (nSPS) is 10.2. The van der Waals surface area contributed by atoms with Crippen LogP contribution in [0.25, 0.3) is 0 Å². The number of rotatable bonds is 4. The van der Waals surface area contributed by atoms with Gasteiger partial charge in [-0.05, 0) is 18.6 Å². The Kier molecular flexibility index (Phi) is 4.54. The minimum Gasteiger partial charge on any atom is -0.507 e. The fourth-order valence-electron chi connectivity index (χ4n) is 1.67. The van der Waals surface area contributed by atoms with Crippen molar-refractivity contribution in [2.24, 2.45) is 0 Å². The van der Waals surface area contributed by atoms with Crippen LogP contribution in [0.5, 0.6) is 5.75 Å². The van der Waals surface area contributed by atoms with Crippen LogP contribution in [0, 0.1) is 6.92 Å². The molecule has 0 aliphatic rings. The van der Waals surface area contributed by atoms with E-state index in [1.54, 1.807) is 24.4 Å². The first-order chi connectivity index (χ1) is 10.0. The van der Waals surface area contributed by atoms with Gasteiger partial charge in [0, 0.05) is 5.38 Å². The lowest BCUT2D eigenvalue weighted by Crippen LogP contribution is -2.12. The largest absolute Gasteiger partial charge is 0.507 e. The van der Waals surface area contributed by atoms with Crippen molar-refractivity contribution in [1.29, 1.82) is 0 Å². The average molecular weight is 306 g/mol. The number of benzene rings is 1. The van der Waals surface area contributed by atoms with E-state index in [4.69, 9.17) is 0 Å². The molecule has 0 unspecified atom stereocenters. The highest BCUT2D eigenvalue weighted by Crippen LogP contribution is 2.23. The summed E-state index contributed by atoms with van der Waals surface area (Å²) < 4.78 is 4.55. The van der Waals surface area contributed by atoms with Gasteiger partial charge in [0.05, 0.1) is 24.8 Å². The zero-order valence-corrected chi connectivity index (χ0v) is 12.4. The van der Waals surface area contributed by atoms with Crippen molar-refractivity contribution in [3.8, 4) is 5.75 Å². The third kappa shape index (κ3) is 3.57. The first-order valence-electron chi connectivity index (χ1n) is 6.12. The molecule has 0 saturated carbocycles. The molecule has 7 heteroatoms. The van der Waals surface area contributed by atoms with Gasteiger partial charge in [-0.15, -0.1) is 11.3 Å². The number of nitrogens with one attached hydrogen (secondary N) is 1. The quantitative estimate of drug-likeness (QED) is 0.845. The summed E-state index contributed by atoms with van der Waals surface area (Å²) in [6.07, 6.45) is 0.0541. The van der Waals surface area contributed by atoms with Crippen LogP contribution in [0.4, 0.5) is 5.13 Å². The van der Waals surface area contributed by atoms with E-state index >= 15 is 0 Å². The molecule has 1 heterocycles. The molecule has 2 aromatic rings. The average Bonchev–Trinajstić information content (AvgIpc) is 2.88. The molecule has 0 saturated heterocycles. The topological polar surface area (TPSA) is 88.5 Å². The maximum absolute atomic E-state index is 12.1. The summed E-state index contributed by atoms with van der Waals surface area (Å²) in [6.45, 7) is 1.71. The number of hydrogen-bond donors (Lipinski definition) is 2. The zero-order valence-electron chi connectivity index (χ0n) is 11.5. The second kappa shape index (κ2) is 6.36. The molecule has 0 fully saturated rings. The minimum atomic E-state index is -0.449. The van der Waals surface area contributed by atoms with Crippen LogP contribution in [0.15, 0.2) is 23.6 Å². The van der Waals surface area contributed by atoms with Crippen molar-refractivity contribution in [3.63, 3.8) is 0 Å². The van der Waals surface area contributed by atoms with Crippen molar-refractivity contribution >= 4 is 28.3 Å². The van der Waals surface area contributed by atoms with Crippen molar-refractivity contribution in [2.75, 3.05) is 12.4 Å². The maximum Gasteiger partial charge on any atom is 0.311 e. The Morgan fingerprint density at radius 1 is 1.43 bits per heavy atom. The van der Waals surface area contributed by atoms with Crippen molar-refractivity contribution in [2.45, 2.75) is 13.3 Å². The predicted octanol–water partition coefficient (Wildman–Crippen LogP) is 2.12. The van der Waals surface area contributed by atoms with Crippen LogP contribution in [0.3, 0.4) is 0 Å². The van der Waals surface area contributed by atoms with Crippen LogP contribution in [-0.4, -0.2) is 29.1 Å². The van der Waals surface area contributed by atoms with E-state index in [0.29, 0.717) is 16.4 Å². The second-order valence-electron chi connectivity index (χ2n) is 4.32. The monoisotopic (exact) mass is 306 g/mol.